The average molecular weight is 308 g/mol. The summed E-state index contributed by atoms with van der Waals surface area (Å²) in [6, 6.07) is 18.3. The van der Waals surface area contributed by atoms with Gasteiger partial charge >= 0.3 is 0 Å². The fraction of sp³-hybridized carbons (Fsp3) is 0.222. The fourth-order valence-corrected chi connectivity index (χ4v) is 2.46. The Morgan fingerprint density at radius 2 is 1.74 bits per heavy atom. The van der Waals surface area contributed by atoms with Gasteiger partial charge in [0.1, 0.15) is 5.82 Å². The summed E-state index contributed by atoms with van der Waals surface area (Å²) in [5, 5.41) is 16.4. The van der Waals surface area contributed by atoms with Crippen molar-refractivity contribution in [2.75, 3.05) is 23.8 Å². The van der Waals surface area contributed by atoms with Gasteiger partial charge < -0.3 is 15.7 Å². The van der Waals surface area contributed by atoms with Crippen molar-refractivity contribution in [2.45, 2.75) is 13.0 Å². The maximum atomic E-state index is 8.97. The number of benzene rings is 2. The van der Waals surface area contributed by atoms with Gasteiger partial charge in [-0.05, 0) is 24.6 Å². The van der Waals surface area contributed by atoms with E-state index in [1.807, 2.05) is 42.5 Å². The van der Waals surface area contributed by atoms with Crippen molar-refractivity contribution in [3.63, 3.8) is 0 Å². The van der Waals surface area contributed by atoms with Gasteiger partial charge in [0.05, 0.1) is 12.1 Å². The SMILES string of the molecule is C[C@@H](Nc1nc(NCCO)nc2ccccc12)c1ccccc1. The summed E-state index contributed by atoms with van der Waals surface area (Å²) in [4.78, 5) is 9.04. The summed E-state index contributed by atoms with van der Waals surface area (Å²) in [6.07, 6.45) is 0. The maximum Gasteiger partial charge on any atom is 0.225 e. The molecule has 5 heteroatoms. The molecular formula is C18H20N4O. The second kappa shape index (κ2) is 7.07. The van der Waals surface area contributed by atoms with Crippen LogP contribution in [-0.4, -0.2) is 28.2 Å². The van der Waals surface area contributed by atoms with Crippen LogP contribution in [0.4, 0.5) is 11.8 Å². The first-order valence-corrected chi connectivity index (χ1v) is 7.71. The second-order valence-electron chi connectivity index (χ2n) is 5.34. The number of aromatic nitrogens is 2. The van der Waals surface area contributed by atoms with Gasteiger partial charge in [0.15, 0.2) is 0 Å². The Hall–Kier alpha value is -2.66. The molecule has 0 saturated heterocycles. The Balaban J connectivity index is 1.94. The van der Waals surface area contributed by atoms with Crippen LogP contribution in [0.5, 0.6) is 0 Å². The lowest BCUT2D eigenvalue weighted by Gasteiger charge is -2.17. The van der Waals surface area contributed by atoms with Crippen LogP contribution in [0, 0.1) is 0 Å². The van der Waals surface area contributed by atoms with E-state index in [0.29, 0.717) is 12.5 Å². The highest BCUT2D eigenvalue weighted by Crippen LogP contribution is 2.25. The van der Waals surface area contributed by atoms with Crippen LogP contribution in [0.25, 0.3) is 10.9 Å². The molecule has 0 bridgehead atoms. The normalized spacial score (nSPS) is 12.1. The maximum absolute atomic E-state index is 8.97. The predicted molar refractivity (Wildman–Crippen MR) is 93.6 cm³/mol. The first-order chi connectivity index (χ1) is 11.3. The Morgan fingerprint density at radius 1 is 1.00 bits per heavy atom. The zero-order chi connectivity index (χ0) is 16.1. The zero-order valence-corrected chi connectivity index (χ0v) is 13.0. The van der Waals surface area contributed by atoms with Gasteiger partial charge in [0, 0.05) is 18.0 Å². The molecule has 3 N–H and O–H groups in total. The van der Waals surface area contributed by atoms with E-state index < -0.39 is 0 Å². The molecule has 2 aromatic carbocycles. The van der Waals surface area contributed by atoms with Crippen LogP contribution in [0.1, 0.15) is 18.5 Å². The number of fused-ring (bicyclic) bond motifs is 1. The lowest BCUT2D eigenvalue weighted by molar-refractivity contribution is 0.311. The van der Waals surface area contributed by atoms with E-state index in [4.69, 9.17) is 5.11 Å². The third-order valence-electron chi connectivity index (χ3n) is 3.65. The lowest BCUT2D eigenvalue weighted by atomic mass is 10.1. The van der Waals surface area contributed by atoms with Crippen molar-refractivity contribution < 1.29 is 5.11 Å². The largest absolute Gasteiger partial charge is 0.395 e. The van der Waals surface area contributed by atoms with Crippen molar-refractivity contribution in [1.29, 1.82) is 0 Å². The van der Waals surface area contributed by atoms with Gasteiger partial charge in [-0.3, -0.25) is 0 Å². The highest BCUT2D eigenvalue weighted by atomic mass is 16.3. The Bertz CT molecular complexity index is 776. The van der Waals surface area contributed by atoms with Crippen molar-refractivity contribution in [1.82, 2.24) is 9.97 Å². The molecule has 0 fully saturated rings. The Morgan fingerprint density at radius 3 is 2.52 bits per heavy atom. The second-order valence-corrected chi connectivity index (χ2v) is 5.34. The minimum absolute atomic E-state index is 0.0410. The van der Waals surface area contributed by atoms with E-state index in [0.717, 1.165) is 16.7 Å². The van der Waals surface area contributed by atoms with Gasteiger partial charge in [-0.25, -0.2) is 4.98 Å². The molecule has 3 rings (SSSR count). The van der Waals surface area contributed by atoms with E-state index in [9.17, 15) is 0 Å². The molecular weight excluding hydrogens is 288 g/mol. The number of nitrogens with zero attached hydrogens (tertiary/aromatic N) is 2. The zero-order valence-electron chi connectivity index (χ0n) is 13.0. The first-order valence-electron chi connectivity index (χ1n) is 7.71. The smallest absolute Gasteiger partial charge is 0.225 e. The Kier molecular flexibility index (Phi) is 4.68. The topological polar surface area (TPSA) is 70.1 Å². The number of anilines is 2. The quantitative estimate of drug-likeness (QED) is 0.652. The van der Waals surface area contributed by atoms with Crippen molar-refractivity contribution in [3.05, 3.63) is 60.2 Å². The van der Waals surface area contributed by atoms with Crippen LogP contribution in [-0.2, 0) is 0 Å². The number of para-hydroxylation sites is 1. The van der Waals surface area contributed by atoms with E-state index in [1.165, 1.54) is 5.56 Å². The van der Waals surface area contributed by atoms with Crippen LogP contribution < -0.4 is 10.6 Å². The van der Waals surface area contributed by atoms with Crippen LogP contribution in [0.3, 0.4) is 0 Å². The summed E-state index contributed by atoms with van der Waals surface area (Å²) < 4.78 is 0. The number of aliphatic hydroxyl groups excluding tert-OH is 1. The number of hydrogen-bond acceptors (Lipinski definition) is 5. The molecule has 1 atom stereocenters. The number of nitrogens with one attached hydrogen (secondary N) is 2. The highest BCUT2D eigenvalue weighted by Gasteiger charge is 2.11. The van der Waals surface area contributed by atoms with Gasteiger partial charge in [-0.1, -0.05) is 42.5 Å². The molecule has 1 heterocycles. The third-order valence-corrected chi connectivity index (χ3v) is 3.65. The molecule has 1 aromatic heterocycles. The molecule has 0 saturated carbocycles. The fourth-order valence-electron chi connectivity index (χ4n) is 2.46. The lowest BCUT2D eigenvalue weighted by Crippen LogP contribution is -2.12. The molecule has 5 nitrogen and oxygen atoms in total. The molecule has 118 valence electrons. The van der Waals surface area contributed by atoms with Gasteiger partial charge in [-0.2, -0.15) is 4.98 Å². The predicted octanol–water partition coefficient (Wildman–Crippen LogP) is 3.21. The van der Waals surface area contributed by atoms with Gasteiger partial charge in [0.2, 0.25) is 5.95 Å². The molecule has 0 aliphatic rings. The van der Waals surface area contributed by atoms with Crippen LogP contribution in [0.2, 0.25) is 0 Å². The summed E-state index contributed by atoms with van der Waals surface area (Å²) in [5.41, 5.74) is 2.06. The minimum atomic E-state index is 0.0410. The van der Waals surface area contributed by atoms with Crippen molar-refractivity contribution in [2.24, 2.45) is 0 Å². The highest BCUT2D eigenvalue weighted by molar-refractivity contribution is 5.90. The third kappa shape index (κ3) is 3.57. The number of aliphatic hydroxyl groups is 1. The van der Waals surface area contributed by atoms with Gasteiger partial charge in [-0.15, -0.1) is 0 Å². The summed E-state index contributed by atoms with van der Waals surface area (Å²) in [5.74, 6) is 1.30. The number of rotatable bonds is 6. The van der Waals surface area contributed by atoms with E-state index in [-0.39, 0.29) is 12.6 Å². The van der Waals surface area contributed by atoms with E-state index >= 15 is 0 Å². The summed E-state index contributed by atoms with van der Waals surface area (Å²) >= 11 is 0. The molecule has 0 unspecified atom stereocenters. The molecule has 3 aromatic rings. The van der Waals surface area contributed by atoms with E-state index in [2.05, 4.69) is 39.7 Å². The minimum Gasteiger partial charge on any atom is -0.395 e. The average Bonchev–Trinajstić information content (AvgIpc) is 2.60. The monoisotopic (exact) mass is 308 g/mol. The Labute approximate surface area is 135 Å². The van der Waals surface area contributed by atoms with E-state index in [1.54, 1.807) is 0 Å². The van der Waals surface area contributed by atoms with Crippen molar-refractivity contribution >= 4 is 22.7 Å². The standard InChI is InChI=1S/C18H20N4O/c1-13(14-7-3-2-4-8-14)20-17-15-9-5-6-10-16(15)21-18(22-17)19-11-12-23/h2-10,13,23H,11-12H2,1H3,(H2,19,20,21,22)/t13-/m1/s1. The molecule has 0 radical (unpaired) electrons. The molecule has 0 amide bonds. The first kappa shape index (κ1) is 15.2. The molecule has 23 heavy (non-hydrogen) atoms. The molecule has 0 aliphatic carbocycles. The van der Waals surface area contributed by atoms with Crippen molar-refractivity contribution in [3.8, 4) is 0 Å². The van der Waals surface area contributed by atoms with Crippen LogP contribution >= 0.6 is 0 Å². The molecule has 0 aliphatic heterocycles. The molecule has 0 spiro atoms. The van der Waals surface area contributed by atoms with Gasteiger partial charge in [0.25, 0.3) is 0 Å². The van der Waals surface area contributed by atoms with Crippen LogP contribution in [0.15, 0.2) is 54.6 Å². The number of hydrogen-bond donors (Lipinski definition) is 3. The summed E-state index contributed by atoms with van der Waals surface area (Å²) in [6.45, 7) is 2.57. The summed E-state index contributed by atoms with van der Waals surface area (Å²) in [7, 11) is 0.